The number of amides is 1. The van der Waals surface area contributed by atoms with E-state index in [1.54, 1.807) is 24.1 Å². The molecule has 0 aromatic heterocycles. The fraction of sp³-hybridized carbons (Fsp3) is 0.241. The van der Waals surface area contributed by atoms with Crippen LogP contribution in [0.5, 0.6) is 5.75 Å². The van der Waals surface area contributed by atoms with E-state index in [-0.39, 0.29) is 18.4 Å². The van der Waals surface area contributed by atoms with Crippen molar-refractivity contribution in [1.29, 1.82) is 0 Å². The van der Waals surface area contributed by atoms with Crippen molar-refractivity contribution in [1.82, 2.24) is 5.32 Å². The molecule has 8 heteroatoms. The van der Waals surface area contributed by atoms with Gasteiger partial charge < -0.3 is 24.4 Å². The zero-order valence-corrected chi connectivity index (χ0v) is 22.5. The zero-order chi connectivity index (χ0) is 26.4. The molecule has 1 N–H and O–H groups in total. The highest BCUT2D eigenvalue weighted by atomic mass is 79.9. The van der Waals surface area contributed by atoms with Crippen LogP contribution in [0.15, 0.2) is 95.1 Å². The number of methoxy groups -OCH3 is 2. The van der Waals surface area contributed by atoms with Gasteiger partial charge in [0.2, 0.25) is 0 Å². The number of carbonyl (C=O) groups excluding carboxylic acids is 2. The van der Waals surface area contributed by atoms with Gasteiger partial charge in [0.25, 0.3) is 0 Å². The van der Waals surface area contributed by atoms with Crippen LogP contribution >= 0.6 is 15.9 Å². The molecule has 3 aromatic rings. The quantitative estimate of drug-likeness (QED) is 0.354. The Balaban J connectivity index is 1.72. The van der Waals surface area contributed by atoms with Crippen molar-refractivity contribution in [2.45, 2.75) is 25.6 Å². The highest BCUT2D eigenvalue weighted by Gasteiger charge is 2.41. The molecule has 0 fully saturated rings. The maximum Gasteiger partial charge on any atom is 0.409 e. The number of allylic oxidation sites excluding steroid dienone is 1. The Kier molecular flexibility index (Phi) is 8.50. The van der Waals surface area contributed by atoms with E-state index in [1.807, 2.05) is 79.7 Å². The third-order valence-electron chi connectivity index (χ3n) is 6.40. The maximum atomic E-state index is 13.1. The van der Waals surface area contributed by atoms with E-state index < -0.39 is 18.2 Å². The van der Waals surface area contributed by atoms with E-state index in [0.29, 0.717) is 17.1 Å². The largest absolute Gasteiger partial charge is 0.497 e. The lowest BCUT2D eigenvalue weighted by Gasteiger charge is -2.44. The van der Waals surface area contributed by atoms with Gasteiger partial charge in [-0.05, 0) is 53.6 Å². The monoisotopic (exact) mass is 564 g/mol. The predicted molar refractivity (Wildman–Crippen MR) is 145 cm³/mol. The summed E-state index contributed by atoms with van der Waals surface area (Å²) in [5.41, 5.74) is 2.90. The number of rotatable bonds is 7. The minimum Gasteiger partial charge on any atom is -0.497 e. The lowest BCUT2D eigenvalue weighted by molar-refractivity contribution is -0.136. The highest BCUT2D eigenvalue weighted by Crippen LogP contribution is 2.40. The zero-order valence-electron chi connectivity index (χ0n) is 20.9. The molecule has 1 aliphatic heterocycles. The summed E-state index contributed by atoms with van der Waals surface area (Å²) in [6.07, 6.45) is 0.703. The molecule has 0 bridgehead atoms. The van der Waals surface area contributed by atoms with Gasteiger partial charge in [-0.25, -0.2) is 9.59 Å². The molecular formula is C29H29BrN2O5. The van der Waals surface area contributed by atoms with Crippen LogP contribution in [0, 0.1) is 5.92 Å². The van der Waals surface area contributed by atoms with E-state index in [1.165, 1.54) is 7.11 Å². The first-order valence-corrected chi connectivity index (χ1v) is 12.7. The van der Waals surface area contributed by atoms with E-state index in [2.05, 4.69) is 21.2 Å². The molecule has 7 nitrogen and oxygen atoms in total. The van der Waals surface area contributed by atoms with Gasteiger partial charge in [0.05, 0.1) is 14.2 Å². The Morgan fingerprint density at radius 1 is 0.973 bits per heavy atom. The number of benzene rings is 3. The molecule has 192 valence electrons. The van der Waals surface area contributed by atoms with Crippen LogP contribution in [-0.4, -0.2) is 32.4 Å². The van der Waals surface area contributed by atoms with Crippen LogP contribution in [0.4, 0.5) is 10.5 Å². The van der Waals surface area contributed by atoms with Gasteiger partial charge in [-0.1, -0.05) is 65.3 Å². The van der Waals surface area contributed by atoms with Crippen molar-refractivity contribution in [2.24, 2.45) is 5.92 Å². The standard InChI is InChI=1S/C29H29BrN2O5/c1-19-25(21-10-7-11-22(30)16-21)17-26(28(33)36-3)32(23-12-14-24(35-2)15-13-23)27(19)31-29(34)37-18-20-8-5-4-6-9-20/h4-17,19,25,27H,18H2,1-3H3,(H,31,34)/t19-,25+,27-/m1/s1. The van der Waals surface area contributed by atoms with Gasteiger partial charge >= 0.3 is 12.1 Å². The molecule has 0 aliphatic carbocycles. The normalized spacial score (nSPS) is 19.0. The van der Waals surface area contributed by atoms with Gasteiger partial charge in [0.15, 0.2) is 0 Å². The van der Waals surface area contributed by atoms with Crippen LogP contribution in [0.2, 0.25) is 0 Å². The summed E-state index contributed by atoms with van der Waals surface area (Å²) < 4.78 is 16.9. The van der Waals surface area contributed by atoms with Gasteiger partial charge in [-0.3, -0.25) is 0 Å². The molecule has 0 unspecified atom stereocenters. The number of ether oxygens (including phenoxy) is 3. The van der Waals surface area contributed by atoms with Crippen LogP contribution in [0.25, 0.3) is 0 Å². The summed E-state index contributed by atoms with van der Waals surface area (Å²) >= 11 is 3.54. The number of alkyl carbamates (subject to hydrolysis) is 1. The third-order valence-corrected chi connectivity index (χ3v) is 6.89. The molecule has 0 saturated heterocycles. The summed E-state index contributed by atoms with van der Waals surface area (Å²) in [7, 11) is 2.94. The van der Waals surface area contributed by atoms with Crippen LogP contribution in [0.1, 0.15) is 24.0 Å². The molecule has 4 rings (SSSR count). The number of nitrogens with one attached hydrogen (secondary N) is 1. The van der Waals surface area contributed by atoms with Crippen LogP contribution < -0.4 is 15.0 Å². The number of hydrogen-bond acceptors (Lipinski definition) is 6. The second-order valence-corrected chi connectivity index (χ2v) is 9.62. The molecule has 1 heterocycles. The fourth-order valence-electron chi connectivity index (χ4n) is 4.49. The lowest BCUT2D eigenvalue weighted by Crippen LogP contribution is -2.56. The summed E-state index contributed by atoms with van der Waals surface area (Å²) in [6, 6.07) is 24.7. The fourth-order valence-corrected chi connectivity index (χ4v) is 4.91. The molecule has 3 aromatic carbocycles. The summed E-state index contributed by atoms with van der Waals surface area (Å²) in [5, 5.41) is 3.01. The van der Waals surface area contributed by atoms with Crippen LogP contribution in [-0.2, 0) is 20.9 Å². The van der Waals surface area contributed by atoms with Crippen molar-refractivity contribution in [3.8, 4) is 5.75 Å². The molecule has 1 aliphatic rings. The van der Waals surface area contributed by atoms with Gasteiger partial charge in [0, 0.05) is 22.0 Å². The topological polar surface area (TPSA) is 77.1 Å². The van der Waals surface area contributed by atoms with Crippen molar-refractivity contribution in [2.75, 3.05) is 19.1 Å². The van der Waals surface area contributed by atoms with Crippen LogP contribution in [0.3, 0.4) is 0 Å². The number of hydrogen-bond donors (Lipinski definition) is 1. The van der Waals surface area contributed by atoms with Gasteiger partial charge in [-0.15, -0.1) is 0 Å². The second kappa shape index (κ2) is 12.0. The van der Waals surface area contributed by atoms with E-state index in [0.717, 1.165) is 15.6 Å². The summed E-state index contributed by atoms with van der Waals surface area (Å²) in [6.45, 7) is 2.17. The Bertz CT molecular complexity index is 1260. The minimum absolute atomic E-state index is 0.130. The Labute approximate surface area is 225 Å². The highest BCUT2D eigenvalue weighted by molar-refractivity contribution is 9.10. The lowest BCUT2D eigenvalue weighted by atomic mass is 9.81. The van der Waals surface area contributed by atoms with Crippen molar-refractivity contribution in [3.63, 3.8) is 0 Å². The average Bonchev–Trinajstić information content (AvgIpc) is 2.93. The Morgan fingerprint density at radius 2 is 1.70 bits per heavy atom. The van der Waals surface area contributed by atoms with Crippen molar-refractivity contribution < 1.29 is 23.8 Å². The molecule has 37 heavy (non-hydrogen) atoms. The van der Waals surface area contributed by atoms with E-state index in [9.17, 15) is 9.59 Å². The molecular weight excluding hydrogens is 536 g/mol. The third kappa shape index (κ3) is 6.14. The second-order valence-electron chi connectivity index (χ2n) is 8.70. The molecule has 3 atom stereocenters. The number of anilines is 1. The molecule has 0 saturated carbocycles. The van der Waals surface area contributed by atoms with E-state index >= 15 is 0 Å². The van der Waals surface area contributed by atoms with E-state index in [4.69, 9.17) is 14.2 Å². The predicted octanol–water partition coefficient (Wildman–Crippen LogP) is 6.01. The number of nitrogens with zero attached hydrogens (tertiary/aromatic N) is 1. The summed E-state index contributed by atoms with van der Waals surface area (Å²) in [4.78, 5) is 27.9. The Hall–Kier alpha value is -3.78. The smallest absolute Gasteiger partial charge is 0.409 e. The van der Waals surface area contributed by atoms with Crippen molar-refractivity contribution in [3.05, 3.63) is 106 Å². The summed E-state index contributed by atoms with van der Waals surface area (Å²) in [5.74, 6) is -0.155. The molecule has 0 radical (unpaired) electrons. The molecule has 1 amide bonds. The first-order valence-electron chi connectivity index (χ1n) is 11.9. The van der Waals surface area contributed by atoms with Gasteiger partial charge in [0.1, 0.15) is 24.2 Å². The number of halogens is 1. The maximum absolute atomic E-state index is 13.1. The number of esters is 1. The first kappa shape index (κ1) is 26.3. The molecule has 0 spiro atoms. The SMILES string of the molecule is COC(=O)C1=C[C@H](c2cccc(Br)c2)[C@@H](C)[C@H](NC(=O)OCc2ccccc2)N1c1ccc(OC)cc1. The average molecular weight is 565 g/mol. The van der Waals surface area contributed by atoms with Crippen molar-refractivity contribution >= 4 is 33.7 Å². The number of carbonyl (C=O) groups is 2. The Morgan fingerprint density at radius 3 is 2.35 bits per heavy atom. The minimum atomic E-state index is -0.611. The first-order chi connectivity index (χ1) is 17.9. The van der Waals surface area contributed by atoms with Gasteiger partial charge in [-0.2, -0.15) is 0 Å².